The SMILES string of the molecule is Cc1cc(OCCCc2c(C=O)n([C@H](C)CN(C)c3cc(C(=O)O)cc4c3cnn4C)c3c(-c4c(C)nn(C)c4C)c(Cl)ccc23)cc(C)c1Cl. The maximum atomic E-state index is 13.2. The molecule has 3 aromatic heterocycles. The fourth-order valence-electron chi connectivity index (χ4n) is 7.36. The highest BCUT2D eigenvalue weighted by Gasteiger charge is 2.28. The average molecular weight is 730 g/mol. The van der Waals surface area contributed by atoms with Crippen LogP contribution < -0.4 is 9.64 Å². The van der Waals surface area contributed by atoms with E-state index in [0.717, 1.165) is 83.8 Å². The fourth-order valence-corrected chi connectivity index (χ4v) is 7.72. The Morgan fingerprint density at radius 3 is 2.35 bits per heavy atom. The van der Waals surface area contributed by atoms with Crippen molar-refractivity contribution in [2.45, 2.75) is 53.5 Å². The molecule has 3 aromatic carbocycles. The summed E-state index contributed by atoms with van der Waals surface area (Å²) in [6.45, 7) is 10.9. The summed E-state index contributed by atoms with van der Waals surface area (Å²) in [4.78, 5) is 27.3. The monoisotopic (exact) mass is 728 g/mol. The highest BCUT2D eigenvalue weighted by Crippen LogP contribution is 2.43. The number of carbonyl (C=O) groups excluding carboxylic acids is 1. The van der Waals surface area contributed by atoms with Gasteiger partial charge in [0.1, 0.15) is 5.75 Å². The zero-order valence-corrected chi connectivity index (χ0v) is 31.6. The molecular formula is C39H42Cl2N6O4. The van der Waals surface area contributed by atoms with Crippen LogP contribution in [0.2, 0.25) is 10.0 Å². The number of hydrogen-bond acceptors (Lipinski definition) is 6. The fraction of sp³-hybridized carbons (Fsp3) is 0.333. The van der Waals surface area contributed by atoms with Gasteiger partial charge in [0.05, 0.1) is 45.8 Å². The van der Waals surface area contributed by atoms with Crippen LogP contribution in [0.1, 0.15) is 68.3 Å². The third-order valence-electron chi connectivity index (χ3n) is 9.86. The molecule has 1 atom stereocenters. The predicted octanol–water partition coefficient (Wildman–Crippen LogP) is 8.69. The van der Waals surface area contributed by atoms with Crippen molar-refractivity contribution in [3.05, 3.63) is 92.0 Å². The molecule has 0 saturated carbocycles. The lowest BCUT2D eigenvalue weighted by Gasteiger charge is -2.27. The molecule has 0 fully saturated rings. The molecule has 10 nitrogen and oxygen atoms in total. The summed E-state index contributed by atoms with van der Waals surface area (Å²) in [6.07, 6.45) is 3.94. The maximum absolute atomic E-state index is 13.2. The number of nitrogens with zero attached hydrogens (tertiary/aromatic N) is 6. The molecule has 3 heterocycles. The number of anilines is 1. The van der Waals surface area contributed by atoms with Crippen LogP contribution in [0.25, 0.3) is 32.9 Å². The first-order valence-corrected chi connectivity index (χ1v) is 17.6. The number of hydrogen-bond donors (Lipinski definition) is 1. The molecule has 266 valence electrons. The predicted molar refractivity (Wildman–Crippen MR) is 204 cm³/mol. The Kier molecular flexibility index (Phi) is 9.94. The molecule has 0 amide bonds. The molecule has 0 aliphatic heterocycles. The van der Waals surface area contributed by atoms with Crippen molar-refractivity contribution in [1.82, 2.24) is 24.1 Å². The van der Waals surface area contributed by atoms with Crippen molar-refractivity contribution in [2.24, 2.45) is 14.1 Å². The van der Waals surface area contributed by atoms with Crippen molar-refractivity contribution < 1.29 is 19.4 Å². The quantitative estimate of drug-likeness (QED) is 0.0992. The Morgan fingerprint density at radius 2 is 1.73 bits per heavy atom. The van der Waals surface area contributed by atoms with E-state index in [0.29, 0.717) is 36.7 Å². The Bertz CT molecular complexity index is 2310. The van der Waals surface area contributed by atoms with Gasteiger partial charge in [-0.2, -0.15) is 10.2 Å². The minimum atomic E-state index is -1.02. The number of fused-ring (bicyclic) bond motifs is 2. The largest absolute Gasteiger partial charge is 0.494 e. The van der Waals surface area contributed by atoms with E-state index < -0.39 is 5.97 Å². The summed E-state index contributed by atoms with van der Waals surface area (Å²) in [5.41, 5.74) is 9.43. The number of carboxylic acid groups (broad SMARTS) is 1. The maximum Gasteiger partial charge on any atom is 0.335 e. The van der Waals surface area contributed by atoms with Gasteiger partial charge in [-0.3, -0.25) is 14.2 Å². The molecule has 0 aliphatic rings. The number of rotatable bonds is 12. The lowest BCUT2D eigenvalue weighted by molar-refractivity contribution is 0.0697. The number of carbonyl (C=O) groups is 2. The number of ether oxygens (including phenoxy) is 1. The van der Waals surface area contributed by atoms with E-state index in [1.54, 1.807) is 30.1 Å². The van der Waals surface area contributed by atoms with Crippen LogP contribution in [-0.4, -0.2) is 61.7 Å². The smallest absolute Gasteiger partial charge is 0.335 e. The lowest BCUT2D eigenvalue weighted by Crippen LogP contribution is -2.27. The highest BCUT2D eigenvalue weighted by atomic mass is 35.5. The van der Waals surface area contributed by atoms with Crippen molar-refractivity contribution in [3.63, 3.8) is 0 Å². The normalized spacial score (nSPS) is 12.2. The third-order valence-corrected chi connectivity index (χ3v) is 10.8. The number of likely N-dealkylation sites (N-methyl/N-ethyl adjacent to an activating group) is 1. The van der Waals surface area contributed by atoms with E-state index in [-0.39, 0.29) is 11.6 Å². The van der Waals surface area contributed by atoms with Crippen molar-refractivity contribution in [1.29, 1.82) is 0 Å². The second kappa shape index (κ2) is 14.1. The molecule has 6 rings (SSSR count). The van der Waals surface area contributed by atoms with E-state index in [2.05, 4.69) is 16.6 Å². The molecule has 0 radical (unpaired) electrons. The summed E-state index contributed by atoms with van der Waals surface area (Å²) in [5.74, 6) is -0.257. The summed E-state index contributed by atoms with van der Waals surface area (Å²) < 4.78 is 11.8. The molecule has 0 aliphatic carbocycles. The number of aromatic nitrogens is 5. The Labute approximate surface area is 307 Å². The number of carboxylic acids is 1. The number of halogens is 2. The second-order valence-electron chi connectivity index (χ2n) is 13.4. The van der Waals surface area contributed by atoms with Crippen LogP contribution in [0.15, 0.2) is 42.6 Å². The van der Waals surface area contributed by atoms with Crippen molar-refractivity contribution in [3.8, 4) is 16.9 Å². The third kappa shape index (κ3) is 6.47. The summed E-state index contributed by atoms with van der Waals surface area (Å²) in [5, 5.41) is 22.1. The zero-order chi connectivity index (χ0) is 36.9. The first kappa shape index (κ1) is 36.0. The van der Waals surface area contributed by atoms with Crippen molar-refractivity contribution in [2.75, 3.05) is 25.1 Å². The molecule has 12 heteroatoms. The highest BCUT2D eigenvalue weighted by molar-refractivity contribution is 6.35. The Balaban J connectivity index is 1.45. The molecule has 51 heavy (non-hydrogen) atoms. The molecule has 0 saturated heterocycles. The average Bonchev–Trinajstić information content (AvgIpc) is 3.70. The van der Waals surface area contributed by atoms with Crippen LogP contribution in [0.4, 0.5) is 5.69 Å². The number of aldehydes is 1. The van der Waals surface area contributed by atoms with E-state index in [9.17, 15) is 14.7 Å². The van der Waals surface area contributed by atoms with Gasteiger partial charge in [0.25, 0.3) is 0 Å². The van der Waals surface area contributed by atoms with Gasteiger partial charge in [-0.1, -0.05) is 29.3 Å². The summed E-state index contributed by atoms with van der Waals surface area (Å²) in [6, 6.07) is 10.8. The van der Waals surface area contributed by atoms with E-state index >= 15 is 0 Å². The van der Waals surface area contributed by atoms with Crippen LogP contribution in [-0.2, 0) is 20.5 Å². The first-order chi connectivity index (χ1) is 24.2. The Morgan fingerprint density at radius 1 is 1.02 bits per heavy atom. The van der Waals surface area contributed by atoms with Gasteiger partial charge in [0, 0.05) is 72.0 Å². The van der Waals surface area contributed by atoms with E-state index in [4.69, 9.17) is 33.0 Å². The molecule has 0 unspecified atom stereocenters. The van der Waals surface area contributed by atoms with Gasteiger partial charge >= 0.3 is 5.97 Å². The van der Waals surface area contributed by atoms with Gasteiger partial charge in [0.15, 0.2) is 6.29 Å². The van der Waals surface area contributed by atoms with Crippen LogP contribution in [0, 0.1) is 27.7 Å². The second-order valence-corrected chi connectivity index (χ2v) is 14.2. The standard InChI is InChI=1S/C39H42Cl2N6O4/c1-21-14-27(15-22(2)37(21)41)51-13-9-10-28-29-11-12-31(40)36(35-24(4)43-45(7)25(35)5)38(29)47(34(28)20-48)23(3)19-44(6)32-16-26(39(49)50)17-33-30(32)18-42-46(33)8/h11-12,14-18,20,23H,9-10,13,19H2,1-8H3,(H,49,50)/t23-/m1/s1. The van der Waals surface area contributed by atoms with Gasteiger partial charge in [-0.05, 0) is 94.5 Å². The van der Waals surface area contributed by atoms with Crippen LogP contribution in [0.3, 0.4) is 0 Å². The van der Waals surface area contributed by atoms with Crippen LogP contribution in [0.5, 0.6) is 5.75 Å². The number of aryl methyl sites for hydroxylation is 6. The zero-order valence-electron chi connectivity index (χ0n) is 30.1. The number of benzene rings is 3. The molecule has 6 aromatic rings. The van der Waals surface area contributed by atoms with Gasteiger partial charge in [-0.15, -0.1) is 0 Å². The summed E-state index contributed by atoms with van der Waals surface area (Å²) >= 11 is 13.4. The topological polar surface area (TPSA) is 107 Å². The van der Waals surface area contributed by atoms with Gasteiger partial charge in [-0.25, -0.2) is 4.79 Å². The number of aromatic carboxylic acids is 1. The molecule has 0 spiro atoms. The van der Waals surface area contributed by atoms with E-state index in [1.807, 2.05) is 75.6 Å². The van der Waals surface area contributed by atoms with Crippen molar-refractivity contribution >= 4 is 63.0 Å². The molecule has 1 N–H and O–H groups in total. The first-order valence-electron chi connectivity index (χ1n) is 16.8. The minimum Gasteiger partial charge on any atom is -0.494 e. The molecular weight excluding hydrogens is 687 g/mol. The van der Waals surface area contributed by atoms with Gasteiger partial charge in [0.2, 0.25) is 0 Å². The molecule has 0 bridgehead atoms. The summed E-state index contributed by atoms with van der Waals surface area (Å²) in [7, 11) is 5.63. The lowest BCUT2D eigenvalue weighted by atomic mass is 9.98. The van der Waals surface area contributed by atoms with Crippen LogP contribution >= 0.6 is 23.2 Å². The minimum absolute atomic E-state index is 0.172. The van der Waals surface area contributed by atoms with E-state index in [1.165, 1.54) is 0 Å². The van der Waals surface area contributed by atoms with Gasteiger partial charge < -0.3 is 19.3 Å². The Hall–Kier alpha value is -4.80.